The zero-order valence-electron chi connectivity index (χ0n) is 13.3. The number of nitrogens with one attached hydrogen (secondary N) is 1. The Morgan fingerprint density at radius 2 is 2.25 bits per heavy atom. The second kappa shape index (κ2) is 7.90. The summed E-state index contributed by atoms with van der Waals surface area (Å²) >= 11 is 1.56. The van der Waals surface area contributed by atoms with Gasteiger partial charge in [-0.25, -0.2) is 10.5 Å². The van der Waals surface area contributed by atoms with Crippen LogP contribution in [0.4, 0.5) is 0 Å². The number of carbonyl (C=O) groups is 1. The molecule has 6 heteroatoms. The van der Waals surface area contributed by atoms with Crippen molar-refractivity contribution in [1.82, 2.24) is 10.5 Å². The van der Waals surface area contributed by atoms with Gasteiger partial charge in [0.05, 0.1) is 12.9 Å². The Morgan fingerprint density at radius 1 is 1.33 bits per heavy atom. The number of furan rings is 1. The Labute approximate surface area is 144 Å². The Morgan fingerprint density at radius 3 is 3.00 bits per heavy atom. The number of thiazole rings is 1. The van der Waals surface area contributed by atoms with Gasteiger partial charge in [-0.05, 0) is 37.6 Å². The molecule has 0 saturated carbocycles. The van der Waals surface area contributed by atoms with Crippen LogP contribution in [-0.2, 0) is 11.3 Å². The van der Waals surface area contributed by atoms with Crippen molar-refractivity contribution in [2.45, 2.75) is 19.8 Å². The average molecular weight is 342 g/mol. The van der Waals surface area contributed by atoms with Gasteiger partial charge in [-0.1, -0.05) is 12.1 Å². The second-order valence-corrected chi connectivity index (χ2v) is 6.20. The lowest BCUT2D eigenvalue weighted by Crippen LogP contribution is -2.24. The highest BCUT2D eigenvalue weighted by Gasteiger charge is 2.09. The number of hydrogen-bond donors (Lipinski definition) is 1. The average Bonchev–Trinajstić information content (AvgIpc) is 3.26. The number of carbonyl (C=O) groups excluding carboxylic acids is 1. The number of aryl methyl sites for hydroxylation is 2. The summed E-state index contributed by atoms with van der Waals surface area (Å²) in [6.07, 6.45) is 3.20. The van der Waals surface area contributed by atoms with Crippen LogP contribution in [-0.4, -0.2) is 17.5 Å². The van der Waals surface area contributed by atoms with E-state index in [4.69, 9.17) is 9.25 Å². The van der Waals surface area contributed by atoms with E-state index in [0.29, 0.717) is 12.2 Å². The van der Waals surface area contributed by atoms with Gasteiger partial charge in [-0.3, -0.25) is 9.63 Å². The zero-order valence-corrected chi connectivity index (χ0v) is 14.1. The highest BCUT2D eigenvalue weighted by Crippen LogP contribution is 2.24. The molecule has 5 nitrogen and oxygen atoms in total. The summed E-state index contributed by atoms with van der Waals surface area (Å²) in [5.74, 6) is 0.652. The Kier molecular flexibility index (Phi) is 5.40. The highest BCUT2D eigenvalue weighted by molar-refractivity contribution is 7.13. The van der Waals surface area contributed by atoms with Crippen LogP contribution < -0.4 is 5.48 Å². The number of hydrogen-bond acceptors (Lipinski definition) is 5. The van der Waals surface area contributed by atoms with E-state index in [9.17, 15) is 4.79 Å². The molecule has 0 fully saturated rings. The number of aromatic nitrogens is 1. The van der Waals surface area contributed by atoms with Gasteiger partial charge >= 0.3 is 0 Å². The third kappa shape index (κ3) is 4.31. The maximum atomic E-state index is 12.2. The molecule has 0 saturated heterocycles. The van der Waals surface area contributed by atoms with Crippen molar-refractivity contribution in [2.24, 2.45) is 0 Å². The second-order valence-electron chi connectivity index (χ2n) is 5.34. The lowest BCUT2D eigenvalue weighted by molar-refractivity contribution is 0.0301. The van der Waals surface area contributed by atoms with Crippen LogP contribution in [0.2, 0.25) is 0 Å². The van der Waals surface area contributed by atoms with E-state index in [0.717, 1.165) is 34.9 Å². The molecule has 0 aliphatic carbocycles. The van der Waals surface area contributed by atoms with Crippen molar-refractivity contribution in [3.05, 3.63) is 65.1 Å². The van der Waals surface area contributed by atoms with Gasteiger partial charge < -0.3 is 4.42 Å². The van der Waals surface area contributed by atoms with Crippen molar-refractivity contribution in [2.75, 3.05) is 6.61 Å². The van der Waals surface area contributed by atoms with Crippen LogP contribution in [0.25, 0.3) is 10.6 Å². The molecule has 0 bridgehead atoms. The maximum Gasteiger partial charge on any atom is 0.274 e. The number of amides is 1. The summed E-state index contributed by atoms with van der Waals surface area (Å²) in [6.45, 7) is 2.38. The topological polar surface area (TPSA) is 64.4 Å². The highest BCUT2D eigenvalue weighted by atomic mass is 32.1. The Balaban J connectivity index is 1.50. The SMILES string of the molecule is Cc1csc(-c2cccc(C(=O)NOCCCc3ccco3)c2)n1. The first-order valence-corrected chi connectivity index (χ1v) is 8.57. The van der Waals surface area contributed by atoms with Gasteiger partial charge in [0.15, 0.2) is 0 Å². The molecule has 0 atom stereocenters. The molecule has 0 aliphatic heterocycles. The van der Waals surface area contributed by atoms with Crippen molar-refractivity contribution in [3.8, 4) is 10.6 Å². The summed E-state index contributed by atoms with van der Waals surface area (Å²) in [5.41, 5.74) is 4.93. The van der Waals surface area contributed by atoms with E-state index in [2.05, 4.69) is 10.5 Å². The molecule has 2 heterocycles. The first-order valence-electron chi connectivity index (χ1n) is 7.69. The minimum absolute atomic E-state index is 0.261. The third-order valence-corrected chi connectivity index (χ3v) is 4.41. The van der Waals surface area contributed by atoms with E-state index in [-0.39, 0.29) is 5.91 Å². The fraction of sp³-hybridized carbons (Fsp3) is 0.222. The molecule has 0 spiro atoms. The minimum Gasteiger partial charge on any atom is -0.469 e. The Bertz CT molecular complexity index is 796. The van der Waals surface area contributed by atoms with Gasteiger partial charge in [0.25, 0.3) is 5.91 Å². The van der Waals surface area contributed by atoms with Crippen molar-refractivity contribution >= 4 is 17.2 Å². The monoisotopic (exact) mass is 342 g/mol. The summed E-state index contributed by atoms with van der Waals surface area (Å²) in [4.78, 5) is 21.8. The van der Waals surface area contributed by atoms with Gasteiger partial charge in [0.1, 0.15) is 10.8 Å². The van der Waals surface area contributed by atoms with E-state index in [1.54, 1.807) is 23.7 Å². The van der Waals surface area contributed by atoms with Gasteiger partial charge in [-0.15, -0.1) is 11.3 Å². The van der Waals surface area contributed by atoms with Crippen LogP contribution in [0, 0.1) is 6.92 Å². The largest absolute Gasteiger partial charge is 0.469 e. The summed E-state index contributed by atoms with van der Waals surface area (Å²) in [6, 6.07) is 11.1. The molecule has 0 unspecified atom stereocenters. The van der Waals surface area contributed by atoms with E-state index in [1.165, 1.54) is 0 Å². The van der Waals surface area contributed by atoms with Crippen molar-refractivity contribution in [1.29, 1.82) is 0 Å². The van der Waals surface area contributed by atoms with Crippen molar-refractivity contribution < 1.29 is 14.0 Å². The van der Waals surface area contributed by atoms with E-state index < -0.39 is 0 Å². The molecule has 0 radical (unpaired) electrons. The molecule has 2 aromatic heterocycles. The molecule has 3 aromatic rings. The lowest BCUT2D eigenvalue weighted by atomic mass is 10.1. The molecule has 124 valence electrons. The normalized spacial score (nSPS) is 10.7. The Hall–Kier alpha value is -2.44. The molecule has 24 heavy (non-hydrogen) atoms. The maximum absolute atomic E-state index is 12.2. The fourth-order valence-corrected chi connectivity index (χ4v) is 3.02. The standard InChI is InChI=1S/C18H18N2O3S/c1-13-12-24-18(19-13)15-6-2-5-14(11-15)17(21)20-23-10-4-8-16-7-3-9-22-16/h2-3,5-7,9,11-12H,4,8,10H2,1H3,(H,20,21). The van der Waals surface area contributed by atoms with Crippen LogP contribution in [0.5, 0.6) is 0 Å². The molecule has 1 amide bonds. The fourth-order valence-electron chi connectivity index (χ4n) is 2.23. The number of nitrogens with zero attached hydrogens (tertiary/aromatic N) is 1. The van der Waals surface area contributed by atoms with Crippen LogP contribution in [0.3, 0.4) is 0 Å². The van der Waals surface area contributed by atoms with Crippen molar-refractivity contribution in [3.63, 3.8) is 0 Å². The smallest absolute Gasteiger partial charge is 0.274 e. The molecule has 3 rings (SSSR count). The summed E-state index contributed by atoms with van der Waals surface area (Å²) < 4.78 is 5.24. The van der Waals surface area contributed by atoms with Gasteiger partial charge in [0, 0.05) is 28.6 Å². The van der Waals surface area contributed by atoms with Crippen LogP contribution >= 0.6 is 11.3 Å². The number of hydroxylamine groups is 1. The quantitative estimate of drug-likeness (QED) is 0.520. The van der Waals surface area contributed by atoms with Crippen LogP contribution in [0.1, 0.15) is 28.2 Å². The minimum atomic E-state index is -0.261. The molecular weight excluding hydrogens is 324 g/mol. The molecule has 1 N–H and O–H groups in total. The zero-order chi connectivity index (χ0) is 16.8. The van der Waals surface area contributed by atoms with E-state index in [1.807, 2.05) is 42.6 Å². The first-order chi connectivity index (χ1) is 11.7. The van der Waals surface area contributed by atoms with Crippen LogP contribution in [0.15, 0.2) is 52.5 Å². The summed E-state index contributed by atoms with van der Waals surface area (Å²) in [7, 11) is 0. The lowest BCUT2D eigenvalue weighted by Gasteiger charge is -2.06. The van der Waals surface area contributed by atoms with E-state index >= 15 is 0 Å². The predicted molar refractivity (Wildman–Crippen MR) is 92.7 cm³/mol. The summed E-state index contributed by atoms with van der Waals surface area (Å²) in [5, 5.41) is 2.89. The predicted octanol–water partition coefficient (Wildman–Crippen LogP) is 4.01. The first kappa shape index (κ1) is 16.4. The van der Waals surface area contributed by atoms with Gasteiger partial charge in [0.2, 0.25) is 0 Å². The molecular formula is C18H18N2O3S. The third-order valence-electron chi connectivity index (χ3n) is 3.41. The molecule has 0 aliphatic rings. The molecule has 1 aromatic carbocycles. The number of benzene rings is 1. The number of rotatable bonds is 7. The van der Waals surface area contributed by atoms with Gasteiger partial charge in [-0.2, -0.15) is 0 Å².